The van der Waals surface area contributed by atoms with Crippen molar-refractivity contribution in [2.24, 2.45) is 11.5 Å². The van der Waals surface area contributed by atoms with Crippen LogP contribution in [0.1, 0.15) is 56.7 Å². The van der Waals surface area contributed by atoms with Gasteiger partial charge in [0.1, 0.15) is 48.2 Å². The number of aliphatic hydroxyl groups excluding tert-OH is 2. The number of esters is 1. The maximum absolute atomic E-state index is 13.2. The van der Waals surface area contributed by atoms with Crippen LogP contribution >= 0.6 is 0 Å². The molecule has 2 fully saturated rings. The monoisotopic (exact) mass is 584 g/mol. The number of benzene rings is 1. The number of carbonyl (C=O) groups excluding carboxylic acids is 2. The summed E-state index contributed by atoms with van der Waals surface area (Å²) in [5, 5.41) is 28.8. The summed E-state index contributed by atoms with van der Waals surface area (Å²) >= 11 is 0. The Bertz CT molecular complexity index is 1430. The Morgan fingerprint density at radius 2 is 1.90 bits per heavy atom. The number of nitrogens with one attached hydrogen (secondary N) is 1. The highest BCUT2D eigenvalue weighted by atomic mass is 19.1. The number of hydrogen-bond donors (Lipinski definition) is 5. The second-order valence-corrected chi connectivity index (χ2v) is 11.5. The smallest absolute Gasteiger partial charge is 0.307 e. The van der Waals surface area contributed by atoms with Crippen LogP contribution in [-0.2, 0) is 31.1 Å². The molecule has 3 aromatic rings. The Balaban J connectivity index is 1.26. The fourth-order valence-electron chi connectivity index (χ4n) is 5.86. The van der Waals surface area contributed by atoms with Gasteiger partial charge in [0.05, 0.1) is 18.2 Å². The second-order valence-electron chi connectivity index (χ2n) is 11.5. The van der Waals surface area contributed by atoms with E-state index >= 15 is 0 Å². The van der Waals surface area contributed by atoms with E-state index < -0.39 is 47.4 Å². The van der Waals surface area contributed by atoms with E-state index in [-0.39, 0.29) is 31.1 Å². The summed E-state index contributed by atoms with van der Waals surface area (Å²) in [5.41, 5.74) is 11.9. The average Bonchev–Trinajstić information content (AvgIpc) is 3.50. The molecule has 1 saturated carbocycles. The molecule has 0 radical (unpaired) electrons. The molecule has 5 rings (SSSR count). The van der Waals surface area contributed by atoms with Crippen LogP contribution in [0.2, 0.25) is 0 Å². The van der Waals surface area contributed by atoms with Gasteiger partial charge >= 0.3 is 5.97 Å². The molecule has 7 N–H and O–H groups in total. The van der Waals surface area contributed by atoms with E-state index in [1.54, 1.807) is 31.2 Å². The van der Waals surface area contributed by atoms with Crippen molar-refractivity contribution in [1.29, 1.82) is 0 Å². The summed E-state index contributed by atoms with van der Waals surface area (Å²) in [5.74, 6) is -1.18. The second kappa shape index (κ2) is 12.0. The number of ether oxygens (including phenoxy) is 2. The summed E-state index contributed by atoms with van der Waals surface area (Å²) in [6.07, 6.45) is 2.34. The predicted octanol–water partition coefficient (Wildman–Crippen LogP) is 1.31. The number of aromatic nitrogens is 3. The van der Waals surface area contributed by atoms with Crippen LogP contribution in [0.15, 0.2) is 42.7 Å². The van der Waals surface area contributed by atoms with Gasteiger partial charge in [0, 0.05) is 5.54 Å². The number of nitrogens with zero attached hydrogens (tertiary/aromatic N) is 3. The zero-order valence-corrected chi connectivity index (χ0v) is 23.4. The van der Waals surface area contributed by atoms with Crippen LogP contribution in [0, 0.1) is 5.82 Å². The first-order valence-electron chi connectivity index (χ1n) is 14.1. The summed E-state index contributed by atoms with van der Waals surface area (Å²) in [4.78, 5) is 29.5. The molecule has 12 nitrogen and oxygen atoms in total. The van der Waals surface area contributed by atoms with Gasteiger partial charge in [0.2, 0.25) is 5.91 Å². The maximum atomic E-state index is 13.2. The Morgan fingerprint density at radius 1 is 1.19 bits per heavy atom. The molecule has 3 heterocycles. The third kappa shape index (κ3) is 6.15. The van der Waals surface area contributed by atoms with Gasteiger partial charge in [0.15, 0.2) is 5.82 Å². The molecule has 0 spiro atoms. The van der Waals surface area contributed by atoms with Crippen molar-refractivity contribution in [3.8, 4) is 0 Å². The minimum atomic E-state index is -1.43. The minimum absolute atomic E-state index is 0.0813. The van der Waals surface area contributed by atoms with Crippen molar-refractivity contribution in [3.05, 3.63) is 59.8 Å². The van der Waals surface area contributed by atoms with E-state index in [0.717, 1.165) is 32.1 Å². The van der Waals surface area contributed by atoms with E-state index in [0.29, 0.717) is 16.8 Å². The highest BCUT2D eigenvalue weighted by Gasteiger charge is 2.54. The molecule has 0 unspecified atom stereocenters. The number of fused-ring (bicyclic) bond motifs is 1. The number of amides is 1. The van der Waals surface area contributed by atoms with Gasteiger partial charge in [-0.25, -0.2) is 13.9 Å². The van der Waals surface area contributed by atoms with E-state index in [1.165, 1.54) is 23.0 Å². The average molecular weight is 585 g/mol. The topological polar surface area (TPSA) is 187 Å². The molecule has 1 amide bonds. The van der Waals surface area contributed by atoms with Crippen LogP contribution in [0.5, 0.6) is 0 Å². The molecule has 1 aliphatic heterocycles. The molecule has 5 atom stereocenters. The number of rotatable bonds is 9. The summed E-state index contributed by atoms with van der Waals surface area (Å²) in [7, 11) is 0. The molecule has 2 aromatic heterocycles. The maximum Gasteiger partial charge on any atom is 0.307 e. The molecule has 42 heavy (non-hydrogen) atoms. The van der Waals surface area contributed by atoms with Crippen molar-refractivity contribution in [2.75, 3.05) is 11.9 Å². The summed E-state index contributed by atoms with van der Waals surface area (Å²) < 4.78 is 26.2. The number of aliphatic hydroxyl groups is 2. The number of halogens is 1. The zero-order chi connectivity index (χ0) is 30.1. The van der Waals surface area contributed by atoms with Gasteiger partial charge < -0.3 is 36.5 Å². The van der Waals surface area contributed by atoms with Crippen molar-refractivity contribution in [1.82, 2.24) is 14.6 Å². The van der Waals surface area contributed by atoms with E-state index in [4.69, 9.17) is 20.9 Å². The van der Waals surface area contributed by atoms with Gasteiger partial charge in [-0.3, -0.25) is 9.59 Å². The summed E-state index contributed by atoms with van der Waals surface area (Å²) in [6.45, 7) is 1.34. The standard InChI is InChI=1S/C29H37FN6O6/c1-28(25(39)24(38)21(42-28)15-41-23(37)14-29(32)11-3-2-4-12-29)22-10-9-20-26(33-16-34-36(20)22)35-27(40)19(31)13-17-5-7-18(30)8-6-17/h5-10,16,19,21,24-25,38-39H,2-4,11-15,31-32H2,1H3,(H,33,34,35,40)/t19-,21+,24+,25+,28-/m0/s1. The van der Waals surface area contributed by atoms with Crippen molar-refractivity contribution in [2.45, 2.75) is 87.4 Å². The molecule has 1 aromatic carbocycles. The lowest BCUT2D eigenvalue weighted by Gasteiger charge is -2.32. The van der Waals surface area contributed by atoms with Crippen LogP contribution < -0.4 is 16.8 Å². The molecular formula is C29H37FN6O6. The minimum Gasteiger partial charge on any atom is -0.463 e. The molecule has 0 bridgehead atoms. The molecule has 226 valence electrons. The van der Waals surface area contributed by atoms with Gasteiger partial charge in [-0.15, -0.1) is 0 Å². The Hall–Kier alpha value is -3.49. The number of carbonyl (C=O) groups is 2. The number of anilines is 1. The zero-order valence-electron chi connectivity index (χ0n) is 23.4. The predicted molar refractivity (Wildman–Crippen MR) is 150 cm³/mol. The first kappa shape index (κ1) is 30.0. The van der Waals surface area contributed by atoms with Gasteiger partial charge in [-0.2, -0.15) is 5.10 Å². The molecule has 1 saturated heterocycles. The van der Waals surface area contributed by atoms with E-state index in [9.17, 15) is 24.2 Å². The third-order valence-corrected chi connectivity index (χ3v) is 8.33. The first-order valence-corrected chi connectivity index (χ1v) is 14.1. The third-order valence-electron chi connectivity index (χ3n) is 8.33. The number of nitrogens with two attached hydrogens (primary N) is 2. The molecule has 2 aliphatic rings. The van der Waals surface area contributed by atoms with Crippen molar-refractivity contribution < 1.29 is 33.7 Å². The lowest BCUT2D eigenvalue weighted by Crippen LogP contribution is -2.44. The van der Waals surface area contributed by atoms with Crippen molar-refractivity contribution >= 4 is 23.2 Å². The largest absolute Gasteiger partial charge is 0.463 e. The molecular weight excluding hydrogens is 547 g/mol. The van der Waals surface area contributed by atoms with Crippen LogP contribution in [0.4, 0.5) is 10.2 Å². The molecule has 1 aliphatic carbocycles. The van der Waals surface area contributed by atoms with Gasteiger partial charge in [-0.1, -0.05) is 31.4 Å². The number of hydrogen-bond acceptors (Lipinski definition) is 10. The fraction of sp³-hybridized carbons (Fsp3) is 0.517. The quantitative estimate of drug-likeness (QED) is 0.230. The molecule has 13 heteroatoms. The normalized spacial score (nSPS) is 26.2. The lowest BCUT2D eigenvalue weighted by atomic mass is 9.80. The van der Waals surface area contributed by atoms with E-state index in [2.05, 4.69) is 15.4 Å². The lowest BCUT2D eigenvalue weighted by molar-refractivity contribution is -0.153. The van der Waals surface area contributed by atoms with Crippen LogP contribution in [-0.4, -0.2) is 73.2 Å². The highest BCUT2D eigenvalue weighted by Crippen LogP contribution is 2.40. The Morgan fingerprint density at radius 3 is 2.62 bits per heavy atom. The fourth-order valence-corrected chi connectivity index (χ4v) is 5.86. The van der Waals surface area contributed by atoms with Crippen LogP contribution in [0.25, 0.3) is 5.52 Å². The highest BCUT2D eigenvalue weighted by molar-refractivity contribution is 5.97. The van der Waals surface area contributed by atoms with Crippen molar-refractivity contribution in [3.63, 3.8) is 0 Å². The Labute approximate surface area is 242 Å². The Kier molecular flexibility index (Phi) is 8.58. The summed E-state index contributed by atoms with van der Waals surface area (Å²) in [6, 6.07) is 8.08. The SMILES string of the molecule is C[C@@]1(c2ccc3c(NC(=O)[C@@H](N)Cc4ccc(F)cc4)ncnn23)O[C@H](COC(=O)CC2(N)CCCCC2)[C@@H](O)[C@H]1O. The first-order chi connectivity index (χ1) is 20.0. The van der Waals surface area contributed by atoms with Gasteiger partial charge in [0.25, 0.3) is 0 Å². The van der Waals surface area contributed by atoms with Crippen LogP contribution in [0.3, 0.4) is 0 Å². The van der Waals surface area contributed by atoms with E-state index in [1.807, 2.05) is 0 Å². The van der Waals surface area contributed by atoms with Gasteiger partial charge in [-0.05, 0) is 56.0 Å².